The van der Waals surface area contributed by atoms with E-state index in [2.05, 4.69) is 30.3 Å². The van der Waals surface area contributed by atoms with Gasteiger partial charge >= 0.3 is 0 Å². The van der Waals surface area contributed by atoms with Crippen molar-refractivity contribution >= 4 is 39.6 Å². The molecule has 1 saturated heterocycles. The Hall–Kier alpha value is -3.98. The molecule has 0 radical (unpaired) electrons. The second kappa shape index (κ2) is 10.6. The topological polar surface area (TPSA) is 85.7 Å². The Morgan fingerprint density at radius 2 is 1.78 bits per heavy atom. The van der Waals surface area contributed by atoms with E-state index in [0.29, 0.717) is 18.8 Å². The molecule has 1 aliphatic rings. The summed E-state index contributed by atoms with van der Waals surface area (Å²) in [7, 11) is 4.01. The van der Waals surface area contributed by atoms with Crippen molar-refractivity contribution in [3.05, 3.63) is 78.1 Å². The molecule has 1 N–H and O–H groups in total. The van der Waals surface area contributed by atoms with Gasteiger partial charge in [-0.2, -0.15) is 0 Å². The van der Waals surface area contributed by atoms with E-state index in [0.717, 1.165) is 57.9 Å². The predicted molar refractivity (Wildman–Crippen MR) is 146 cm³/mol. The van der Waals surface area contributed by atoms with E-state index in [1.165, 1.54) is 0 Å². The van der Waals surface area contributed by atoms with Gasteiger partial charge < -0.3 is 18.9 Å². The molecule has 190 valence electrons. The lowest BCUT2D eigenvalue weighted by Crippen LogP contribution is -2.25. The zero-order valence-electron chi connectivity index (χ0n) is 20.9. The molecule has 0 saturated carbocycles. The Kier molecular flexibility index (Phi) is 7.05. The molecule has 0 aliphatic carbocycles. The van der Waals surface area contributed by atoms with Gasteiger partial charge in [0.2, 0.25) is 5.91 Å². The maximum absolute atomic E-state index is 11.8. The number of imidazole rings is 1. The molecule has 1 fully saturated rings. The number of aromatic nitrogens is 2. The summed E-state index contributed by atoms with van der Waals surface area (Å²) < 4.78 is 14.1. The van der Waals surface area contributed by atoms with Crippen LogP contribution in [0.4, 0.5) is 10.5 Å². The fourth-order valence-electron chi connectivity index (χ4n) is 4.13. The summed E-state index contributed by atoms with van der Waals surface area (Å²) >= 11 is 1.03. The van der Waals surface area contributed by atoms with Crippen molar-refractivity contribution < 1.29 is 19.1 Å². The second-order valence-corrected chi connectivity index (χ2v) is 10.0. The largest absolute Gasteiger partial charge is 0.486 e. The number of amides is 2. The molecule has 9 heteroatoms. The van der Waals surface area contributed by atoms with E-state index in [-0.39, 0.29) is 16.4 Å². The van der Waals surface area contributed by atoms with Crippen LogP contribution in [0.25, 0.3) is 11.0 Å². The number of anilines is 1. The molecule has 3 aromatic carbocycles. The first-order chi connectivity index (χ1) is 17.9. The minimum atomic E-state index is -0.380. The molecule has 1 atom stereocenters. The van der Waals surface area contributed by atoms with Gasteiger partial charge in [-0.3, -0.25) is 14.9 Å². The van der Waals surface area contributed by atoms with Crippen LogP contribution in [0, 0.1) is 0 Å². The highest BCUT2D eigenvalue weighted by Gasteiger charge is 2.31. The Morgan fingerprint density at radius 1 is 1.03 bits per heavy atom. The number of ether oxygens (including phenoxy) is 2. The SMILES string of the molecule is CCN(C)c1cccc(Oc2ccc3nc(COc4ccc(CC5SC(=O)NC5=O)cc4)n(C)c3c2)c1. The van der Waals surface area contributed by atoms with Gasteiger partial charge in [-0.1, -0.05) is 30.0 Å². The number of carbonyl (C=O) groups is 2. The first-order valence-corrected chi connectivity index (χ1v) is 12.9. The number of fused-ring (bicyclic) bond motifs is 1. The summed E-state index contributed by atoms with van der Waals surface area (Å²) in [5, 5.41) is 1.65. The van der Waals surface area contributed by atoms with Crippen molar-refractivity contribution in [2.45, 2.75) is 25.2 Å². The van der Waals surface area contributed by atoms with Crippen molar-refractivity contribution in [3.8, 4) is 17.2 Å². The van der Waals surface area contributed by atoms with Crippen molar-refractivity contribution in [2.24, 2.45) is 7.05 Å². The maximum atomic E-state index is 11.8. The summed E-state index contributed by atoms with van der Waals surface area (Å²) in [5.41, 5.74) is 3.89. The molecular weight excluding hydrogens is 488 g/mol. The minimum Gasteiger partial charge on any atom is -0.486 e. The van der Waals surface area contributed by atoms with Gasteiger partial charge in [0.1, 0.15) is 29.7 Å². The summed E-state index contributed by atoms with van der Waals surface area (Å²) in [6, 6.07) is 21.5. The van der Waals surface area contributed by atoms with Crippen LogP contribution < -0.4 is 19.7 Å². The van der Waals surface area contributed by atoms with Crippen molar-refractivity contribution in [3.63, 3.8) is 0 Å². The van der Waals surface area contributed by atoms with Gasteiger partial charge in [0.25, 0.3) is 5.24 Å². The number of thioether (sulfide) groups is 1. The van der Waals surface area contributed by atoms with Crippen molar-refractivity contribution in [1.29, 1.82) is 0 Å². The van der Waals surface area contributed by atoms with Gasteiger partial charge in [-0.25, -0.2) is 4.98 Å². The standard InChI is InChI=1S/C28H28N4O4S/c1-4-31(2)19-6-5-7-21(15-19)36-22-12-13-23-24(16-22)32(3)26(29-23)17-35-20-10-8-18(9-11-20)14-25-27(33)30-28(34)37-25/h5-13,15-16,25H,4,14,17H2,1-3H3,(H,30,33,34). The number of nitrogens with one attached hydrogen (secondary N) is 1. The summed E-state index contributed by atoms with van der Waals surface area (Å²) in [4.78, 5) is 30.0. The Bertz CT molecular complexity index is 1450. The molecule has 0 spiro atoms. The third-order valence-corrected chi connectivity index (χ3v) is 7.37. The van der Waals surface area contributed by atoms with Crippen LogP contribution in [0.1, 0.15) is 18.3 Å². The number of nitrogens with zero attached hydrogens (tertiary/aromatic N) is 3. The average Bonchev–Trinajstić information content (AvgIpc) is 3.39. The van der Waals surface area contributed by atoms with Gasteiger partial charge in [0.05, 0.1) is 16.3 Å². The van der Waals surface area contributed by atoms with Gasteiger partial charge in [-0.15, -0.1) is 0 Å². The van der Waals surface area contributed by atoms with Crippen molar-refractivity contribution in [2.75, 3.05) is 18.5 Å². The van der Waals surface area contributed by atoms with E-state index in [4.69, 9.17) is 14.5 Å². The van der Waals surface area contributed by atoms with E-state index in [9.17, 15) is 9.59 Å². The molecule has 37 heavy (non-hydrogen) atoms. The molecule has 4 aromatic rings. The molecule has 5 rings (SSSR count). The van der Waals surface area contributed by atoms with E-state index in [1.807, 2.05) is 72.3 Å². The van der Waals surface area contributed by atoms with Crippen LogP contribution in [-0.2, 0) is 24.9 Å². The number of hydrogen-bond donors (Lipinski definition) is 1. The molecule has 8 nitrogen and oxygen atoms in total. The predicted octanol–water partition coefficient (Wildman–Crippen LogP) is 5.29. The van der Waals surface area contributed by atoms with E-state index >= 15 is 0 Å². The molecule has 1 aliphatic heterocycles. The van der Waals surface area contributed by atoms with Gasteiger partial charge in [-0.05, 0) is 55.3 Å². The molecule has 2 amide bonds. The Labute approximate surface area is 219 Å². The van der Waals surface area contributed by atoms with Crippen LogP contribution >= 0.6 is 11.8 Å². The fraction of sp³-hybridized carbons (Fsp3) is 0.250. The highest BCUT2D eigenvalue weighted by molar-refractivity contribution is 8.15. The lowest BCUT2D eigenvalue weighted by Gasteiger charge is -2.17. The first kappa shape index (κ1) is 24.7. The zero-order valence-corrected chi connectivity index (χ0v) is 21.7. The summed E-state index contributed by atoms with van der Waals surface area (Å²) in [5.74, 6) is 2.79. The summed E-state index contributed by atoms with van der Waals surface area (Å²) in [6.07, 6.45) is 0.497. The van der Waals surface area contributed by atoms with E-state index < -0.39 is 0 Å². The normalized spacial score (nSPS) is 15.2. The first-order valence-electron chi connectivity index (χ1n) is 12.1. The maximum Gasteiger partial charge on any atom is 0.286 e. The van der Waals surface area contributed by atoms with E-state index in [1.54, 1.807) is 0 Å². The monoisotopic (exact) mass is 516 g/mol. The molecule has 1 aromatic heterocycles. The van der Waals surface area contributed by atoms with Crippen LogP contribution in [0.15, 0.2) is 66.7 Å². The third kappa shape index (κ3) is 5.56. The third-order valence-electron chi connectivity index (χ3n) is 6.39. The Balaban J connectivity index is 1.24. The highest BCUT2D eigenvalue weighted by atomic mass is 32.2. The quantitative estimate of drug-likeness (QED) is 0.323. The zero-order chi connectivity index (χ0) is 25.9. The van der Waals surface area contributed by atoms with Crippen LogP contribution in [-0.4, -0.2) is 39.5 Å². The molecular formula is C28H28N4O4S. The highest BCUT2D eigenvalue weighted by Crippen LogP contribution is 2.29. The number of imide groups is 1. The lowest BCUT2D eigenvalue weighted by molar-refractivity contribution is -0.118. The van der Waals surface area contributed by atoms with Crippen LogP contribution in [0.5, 0.6) is 17.2 Å². The number of hydrogen-bond acceptors (Lipinski definition) is 7. The number of carbonyl (C=O) groups excluding carboxylic acids is 2. The molecule has 2 heterocycles. The van der Waals surface area contributed by atoms with Gasteiger partial charge in [0.15, 0.2) is 0 Å². The van der Waals surface area contributed by atoms with Crippen LogP contribution in [0.2, 0.25) is 0 Å². The summed E-state index contributed by atoms with van der Waals surface area (Å²) in [6.45, 7) is 3.34. The van der Waals surface area contributed by atoms with Gasteiger partial charge in [0, 0.05) is 38.5 Å². The second-order valence-electron chi connectivity index (χ2n) is 8.87. The Morgan fingerprint density at radius 3 is 2.51 bits per heavy atom. The average molecular weight is 517 g/mol. The van der Waals surface area contributed by atoms with Crippen LogP contribution in [0.3, 0.4) is 0 Å². The van der Waals surface area contributed by atoms with Crippen molar-refractivity contribution in [1.82, 2.24) is 14.9 Å². The number of benzene rings is 3. The molecule has 1 unspecified atom stereocenters. The minimum absolute atomic E-state index is 0.233. The fourth-order valence-corrected chi connectivity index (χ4v) is 4.99. The molecule has 0 bridgehead atoms. The number of aryl methyl sites for hydroxylation is 1. The lowest BCUT2D eigenvalue weighted by atomic mass is 10.1. The smallest absolute Gasteiger partial charge is 0.286 e. The number of rotatable bonds is 9.